The molecule has 0 aliphatic carbocycles. The quantitative estimate of drug-likeness (QED) is 0.571. The van der Waals surface area contributed by atoms with Crippen molar-refractivity contribution in [3.63, 3.8) is 0 Å². The Hall–Kier alpha value is -3.36. The SMILES string of the molecule is CCNC(=NCc1cccc(C(N)=O)c1)N1CCN(c2cnn(C)c2)C(=O)C1. The van der Waals surface area contributed by atoms with Crippen LogP contribution in [-0.4, -0.2) is 58.6 Å². The molecular formula is C19H25N7O2. The van der Waals surface area contributed by atoms with Gasteiger partial charge in [0.05, 0.1) is 18.4 Å². The summed E-state index contributed by atoms with van der Waals surface area (Å²) < 4.78 is 1.68. The van der Waals surface area contributed by atoms with Gasteiger partial charge in [0, 0.05) is 38.4 Å². The van der Waals surface area contributed by atoms with Gasteiger partial charge in [-0.2, -0.15) is 5.10 Å². The van der Waals surface area contributed by atoms with Crippen molar-refractivity contribution >= 4 is 23.5 Å². The number of nitrogens with two attached hydrogens (primary N) is 1. The fraction of sp³-hybridized carbons (Fsp3) is 0.368. The maximum absolute atomic E-state index is 12.6. The summed E-state index contributed by atoms with van der Waals surface area (Å²) in [5.41, 5.74) is 7.48. The van der Waals surface area contributed by atoms with E-state index in [1.54, 1.807) is 34.0 Å². The van der Waals surface area contributed by atoms with Crippen molar-refractivity contribution in [3.8, 4) is 0 Å². The number of hydrogen-bond acceptors (Lipinski definition) is 4. The molecule has 9 nitrogen and oxygen atoms in total. The lowest BCUT2D eigenvalue weighted by molar-refractivity contribution is -0.120. The third-order valence-corrected chi connectivity index (χ3v) is 4.48. The van der Waals surface area contributed by atoms with E-state index in [-0.39, 0.29) is 12.5 Å². The van der Waals surface area contributed by atoms with Crippen LogP contribution >= 0.6 is 0 Å². The topological polar surface area (TPSA) is 109 Å². The van der Waals surface area contributed by atoms with Gasteiger partial charge in [-0.3, -0.25) is 14.3 Å². The van der Waals surface area contributed by atoms with Crippen LogP contribution in [0.3, 0.4) is 0 Å². The second-order valence-corrected chi connectivity index (χ2v) is 6.57. The average Bonchev–Trinajstić information content (AvgIpc) is 3.11. The third-order valence-electron chi connectivity index (χ3n) is 4.48. The Bertz CT molecular complexity index is 890. The van der Waals surface area contributed by atoms with E-state index >= 15 is 0 Å². The number of aliphatic imine (C=N–C) groups is 1. The first-order chi connectivity index (χ1) is 13.5. The van der Waals surface area contributed by atoms with Crippen LogP contribution in [0.2, 0.25) is 0 Å². The maximum Gasteiger partial charge on any atom is 0.248 e. The zero-order chi connectivity index (χ0) is 20.1. The maximum atomic E-state index is 12.6. The third kappa shape index (κ3) is 4.48. The molecule has 0 atom stereocenters. The van der Waals surface area contributed by atoms with Crippen LogP contribution in [0.25, 0.3) is 0 Å². The van der Waals surface area contributed by atoms with Gasteiger partial charge in [-0.05, 0) is 24.6 Å². The fourth-order valence-corrected chi connectivity index (χ4v) is 3.09. The molecule has 9 heteroatoms. The van der Waals surface area contributed by atoms with Gasteiger partial charge in [-0.25, -0.2) is 4.99 Å². The van der Waals surface area contributed by atoms with Crippen LogP contribution in [-0.2, 0) is 18.4 Å². The van der Waals surface area contributed by atoms with E-state index in [1.165, 1.54) is 0 Å². The number of anilines is 1. The van der Waals surface area contributed by atoms with E-state index in [4.69, 9.17) is 5.73 Å². The smallest absolute Gasteiger partial charge is 0.248 e. The highest BCUT2D eigenvalue weighted by Crippen LogP contribution is 2.16. The molecule has 1 aliphatic heterocycles. The van der Waals surface area contributed by atoms with Gasteiger partial charge in [0.1, 0.15) is 6.54 Å². The van der Waals surface area contributed by atoms with E-state index in [9.17, 15) is 9.59 Å². The summed E-state index contributed by atoms with van der Waals surface area (Å²) in [6.45, 7) is 4.52. The number of aryl methyl sites for hydroxylation is 1. The molecular weight excluding hydrogens is 358 g/mol. The highest BCUT2D eigenvalue weighted by Gasteiger charge is 2.27. The van der Waals surface area contributed by atoms with Crippen molar-refractivity contribution < 1.29 is 9.59 Å². The summed E-state index contributed by atoms with van der Waals surface area (Å²) in [5, 5.41) is 7.37. The predicted octanol–water partition coefficient (Wildman–Crippen LogP) is 0.333. The molecule has 0 unspecified atom stereocenters. The number of amides is 2. The van der Waals surface area contributed by atoms with Gasteiger partial charge in [-0.15, -0.1) is 0 Å². The van der Waals surface area contributed by atoms with E-state index in [1.807, 2.05) is 31.1 Å². The van der Waals surface area contributed by atoms with Gasteiger partial charge < -0.3 is 20.9 Å². The van der Waals surface area contributed by atoms with E-state index in [2.05, 4.69) is 15.4 Å². The molecule has 148 valence electrons. The first-order valence-electron chi connectivity index (χ1n) is 9.19. The van der Waals surface area contributed by atoms with Crippen LogP contribution < -0.4 is 16.0 Å². The van der Waals surface area contributed by atoms with E-state index in [0.717, 1.165) is 11.3 Å². The van der Waals surface area contributed by atoms with Crippen molar-refractivity contribution in [2.75, 3.05) is 31.1 Å². The molecule has 28 heavy (non-hydrogen) atoms. The number of hydrogen-bond donors (Lipinski definition) is 2. The first kappa shape index (κ1) is 19.4. The van der Waals surface area contributed by atoms with Crippen molar-refractivity contribution in [3.05, 3.63) is 47.8 Å². The molecule has 3 rings (SSSR count). The molecule has 1 saturated heterocycles. The zero-order valence-corrected chi connectivity index (χ0v) is 16.1. The molecule has 1 aromatic carbocycles. The standard InChI is InChI=1S/C19H25N7O2/c1-3-21-19(22-10-14-5-4-6-15(9-14)18(20)28)25-7-8-26(17(27)13-25)16-11-23-24(2)12-16/h4-6,9,11-12H,3,7-8,10,13H2,1-2H3,(H2,20,28)(H,21,22). The van der Waals surface area contributed by atoms with Crippen molar-refractivity contribution in [1.29, 1.82) is 0 Å². The molecule has 0 radical (unpaired) electrons. The number of rotatable bonds is 5. The lowest BCUT2D eigenvalue weighted by Gasteiger charge is -2.35. The number of carbonyl (C=O) groups excluding carboxylic acids is 2. The highest BCUT2D eigenvalue weighted by atomic mass is 16.2. The Labute approximate surface area is 163 Å². The van der Waals surface area contributed by atoms with Crippen LogP contribution in [0.5, 0.6) is 0 Å². The average molecular weight is 383 g/mol. The van der Waals surface area contributed by atoms with Gasteiger partial charge in [0.15, 0.2) is 5.96 Å². The lowest BCUT2D eigenvalue weighted by Crippen LogP contribution is -2.55. The second-order valence-electron chi connectivity index (χ2n) is 6.57. The lowest BCUT2D eigenvalue weighted by atomic mass is 10.1. The molecule has 2 amide bonds. The molecule has 3 N–H and O–H groups in total. The second kappa shape index (κ2) is 8.55. The minimum Gasteiger partial charge on any atom is -0.366 e. The van der Waals surface area contributed by atoms with Gasteiger partial charge in [0.25, 0.3) is 0 Å². The summed E-state index contributed by atoms with van der Waals surface area (Å²) in [7, 11) is 1.83. The van der Waals surface area contributed by atoms with Gasteiger partial charge in [0.2, 0.25) is 11.8 Å². The number of piperazine rings is 1. The number of nitrogens with zero attached hydrogens (tertiary/aromatic N) is 5. The summed E-state index contributed by atoms with van der Waals surface area (Å²) in [4.78, 5) is 32.3. The molecule has 0 saturated carbocycles. The number of primary amides is 1. The van der Waals surface area contributed by atoms with E-state index < -0.39 is 5.91 Å². The Morgan fingerprint density at radius 3 is 2.82 bits per heavy atom. The zero-order valence-electron chi connectivity index (χ0n) is 16.1. The molecule has 0 bridgehead atoms. The summed E-state index contributed by atoms with van der Waals surface area (Å²) >= 11 is 0. The number of carbonyl (C=O) groups is 2. The van der Waals surface area contributed by atoms with Crippen LogP contribution in [0, 0.1) is 0 Å². The highest BCUT2D eigenvalue weighted by molar-refractivity contribution is 5.98. The van der Waals surface area contributed by atoms with Crippen molar-refractivity contribution in [2.45, 2.75) is 13.5 Å². The Kier molecular flexibility index (Phi) is 5.93. The molecule has 1 fully saturated rings. The molecule has 2 aromatic rings. The Balaban J connectivity index is 1.70. The largest absolute Gasteiger partial charge is 0.366 e. The molecule has 0 spiro atoms. The molecule has 2 heterocycles. The number of guanidine groups is 1. The molecule has 1 aromatic heterocycles. The van der Waals surface area contributed by atoms with E-state index in [0.29, 0.717) is 37.7 Å². The van der Waals surface area contributed by atoms with Gasteiger partial charge >= 0.3 is 0 Å². The van der Waals surface area contributed by atoms with Crippen LogP contribution in [0.4, 0.5) is 5.69 Å². The summed E-state index contributed by atoms with van der Waals surface area (Å²) in [6, 6.07) is 7.09. The van der Waals surface area contributed by atoms with Crippen molar-refractivity contribution in [1.82, 2.24) is 20.0 Å². The fourth-order valence-electron chi connectivity index (χ4n) is 3.09. The minimum atomic E-state index is -0.463. The Morgan fingerprint density at radius 1 is 1.36 bits per heavy atom. The van der Waals surface area contributed by atoms with Crippen LogP contribution in [0.15, 0.2) is 41.7 Å². The number of aromatic nitrogens is 2. The predicted molar refractivity (Wildman–Crippen MR) is 107 cm³/mol. The number of nitrogens with one attached hydrogen (secondary N) is 1. The normalized spacial score (nSPS) is 15.1. The number of benzene rings is 1. The molecule has 1 aliphatic rings. The van der Waals surface area contributed by atoms with Crippen LogP contribution in [0.1, 0.15) is 22.8 Å². The minimum absolute atomic E-state index is 0.000536. The Morgan fingerprint density at radius 2 is 2.18 bits per heavy atom. The van der Waals surface area contributed by atoms with Gasteiger partial charge in [-0.1, -0.05) is 12.1 Å². The monoisotopic (exact) mass is 383 g/mol. The summed E-state index contributed by atoms with van der Waals surface area (Å²) in [5.74, 6) is 0.210. The van der Waals surface area contributed by atoms with Crippen molar-refractivity contribution in [2.24, 2.45) is 17.8 Å². The summed E-state index contributed by atoms with van der Waals surface area (Å²) in [6.07, 6.45) is 3.52. The first-order valence-corrected chi connectivity index (χ1v) is 9.19.